The Morgan fingerprint density at radius 1 is 1.50 bits per heavy atom. The average molecular weight is 306 g/mol. The number of ether oxygens (including phenoxy) is 3. The second-order valence-electron chi connectivity index (χ2n) is 6.71. The molecule has 3 rings (SSSR count). The van der Waals surface area contributed by atoms with Crippen molar-refractivity contribution in [2.75, 3.05) is 0 Å². The van der Waals surface area contributed by atoms with Crippen LogP contribution in [0.4, 0.5) is 0 Å². The van der Waals surface area contributed by atoms with Gasteiger partial charge in [-0.1, -0.05) is 18.2 Å². The van der Waals surface area contributed by atoms with Crippen molar-refractivity contribution in [1.29, 1.82) is 0 Å². The van der Waals surface area contributed by atoms with Crippen LogP contribution in [0.3, 0.4) is 0 Å². The zero-order valence-electron chi connectivity index (χ0n) is 13.3. The van der Waals surface area contributed by atoms with Crippen molar-refractivity contribution in [3.63, 3.8) is 0 Å². The molecule has 0 saturated carbocycles. The summed E-state index contributed by atoms with van der Waals surface area (Å²) >= 11 is 0. The smallest absolute Gasteiger partial charge is 0.334 e. The zero-order valence-corrected chi connectivity index (χ0v) is 13.3. The molecule has 0 aromatic carbocycles. The summed E-state index contributed by atoms with van der Waals surface area (Å²) in [7, 11) is 0. The van der Waals surface area contributed by atoms with E-state index in [0.29, 0.717) is 12.0 Å². The largest absolute Gasteiger partial charge is 0.461 e. The van der Waals surface area contributed by atoms with Crippen LogP contribution < -0.4 is 0 Å². The zero-order chi connectivity index (χ0) is 16.1. The van der Waals surface area contributed by atoms with E-state index in [2.05, 4.69) is 12.7 Å². The second kappa shape index (κ2) is 5.23. The molecule has 0 amide bonds. The van der Waals surface area contributed by atoms with Gasteiger partial charge in [-0.25, -0.2) is 4.79 Å². The molecule has 22 heavy (non-hydrogen) atoms. The Hall–Kier alpha value is -1.62. The van der Waals surface area contributed by atoms with Gasteiger partial charge < -0.3 is 14.2 Å². The van der Waals surface area contributed by atoms with Gasteiger partial charge in [0, 0.05) is 18.9 Å². The van der Waals surface area contributed by atoms with E-state index in [9.17, 15) is 9.59 Å². The quantitative estimate of drug-likeness (QED) is 0.322. The molecule has 5 heteroatoms. The summed E-state index contributed by atoms with van der Waals surface area (Å²) in [5, 5.41) is 0. The highest BCUT2D eigenvalue weighted by molar-refractivity contribution is 5.91. The Kier molecular flexibility index (Phi) is 3.63. The van der Waals surface area contributed by atoms with Crippen molar-refractivity contribution < 1.29 is 23.8 Å². The number of allylic oxidation sites excluding steroid dienone is 1. The van der Waals surface area contributed by atoms with Crippen LogP contribution in [0.25, 0.3) is 0 Å². The van der Waals surface area contributed by atoms with E-state index in [4.69, 9.17) is 14.2 Å². The summed E-state index contributed by atoms with van der Waals surface area (Å²) in [5.41, 5.74) is 1.24. The Morgan fingerprint density at radius 2 is 2.23 bits per heavy atom. The fourth-order valence-electron chi connectivity index (χ4n) is 3.63. The summed E-state index contributed by atoms with van der Waals surface area (Å²) in [6.45, 7) is 9.30. The van der Waals surface area contributed by atoms with E-state index in [1.807, 2.05) is 13.8 Å². The summed E-state index contributed by atoms with van der Waals surface area (Å²) in [6, 6.07) is 0. The number of fused-ring (bicyclic) bond motifs is 3. The van der Waals surface area contributed by atoms with Crippen molar-refractivity contribution in [1.82, 2.24) is 0 Å². The van der Waals surface area contributed by atoms with E-state index < -0.39 is 18.2 Å². The fourth-order valence-corrected chi connectivity index (χ4v) is 3.63. The van der Waals surface area contributed by atoms with E-state index in [1.165, 1.54) is 6.92 Å². The molecule has 0 N–H and O–H groups in total. The van der Waals surface area contributed by atoms with Crippen LogP contribution in [0.5, 0.6) is 0 Å². The van der Waals surface area contributed by atoms with Gasteiger partial charge in [0.2, 0.25) is 0 Å². The number of rotatable bonds is 1. The van der Waals surface area contributed by atoms with Crippen LogP contribution in [0.2, 0.25) is 0 Å². The predicted octanol–water partition coefficient (Wildman–Crippen LogP) is 2.30. The van der Waals surface area contributed by atoms with Crippen LogP contribution >= 0.6 is 0 Å². The lowest BCUT2D eigenvalue weighted by molar-refractivity contribution is -0.150. The molecular weight excluding hydrogens is 284 g/mol. The minimum absolute atomic E-state index is 0.148. The molecule has 120 valence electrons. The Morgan fingerprint density at radius 3 is 2.91 bits per heavy atom. The molecule has 0 aromatic rings. The summed E-state index contributed by atoms with van der Waals surface area (Å²) in [5.74, 6) is -1.12. The lowest BCUT2D eigenvalue weighted by Crippen LogP contribution is -2.38. The third-order valence-corrected chi connectivity index (χ3v) is 4.88. The van der Waals surface area contributed by atoms with E-state index in [-0.39, 0.29) is 23.6 Å². The van der Waals surface area contributed by atoms with E-state index in [0.717, 1.165) is 18.4 Å². The van der Waals surface area contributed by atoms with Gasteiger partial charge in [-0.3, -0.25) is 4.79 Å². The number of carbonyl (C=O) groups is 2. The van der Waals surface area contributed by atoms with Gasteiger partial charge in [-0.2, -0.15) is 0 Å². The first-order chi connectivity index (χ1) is 10.3. The van der Waals surface area contributed by atoms with Gasteiger partial charge in [0.05, 0.1) is 11.5 Å². The molecule has 1 unspecified atom stereocenters. The Bertz CT molecular complexity index is 563. The maximum absolute atomic E-state index is 12.0. The van der Waals surface area contributed by atoms with Gasteiger partial charge in [0.15, 0.2) is 0 Å². The number of esters is 2. The second-order valence-corrected chi connectivity index (χ2v) is 6.71. The highest BCUT2D eigenvalue weighted by Crippen LogP contribution is 2.50. The number of carbonyl (C=O) groups excluding carboxylic acids is 2. The standard InChI is InChI=1S/C17H22O5/c1-9-6-5-7-17(4)15(22-17)14-13(10(2)16(19)21-14)12(8-9)20-11(3)18/h6,12-15H,2,5,7-8H2,1,3-4H3/b9-6-/t12?,13-,14+,15-,17-/m1/s1. The lowest BCUT2D eigenvalue weighted by Gasteiger charge is -2.27. The lowest BCUT2D eigenvalue weighted by atomic mass is 9.82. The van der Waals surface area contributed by atoms with Crippen molar-refractivity contribution >= 4 is 11.9 Å². The molecular formula is C17H22O5. The molecule has 0 bridgehead atoms. The molecule has 1 aliphatic carbocycles. The first kappa shape index (κ1) is 15.3. The molecule has 2 heterocycles. The first-order valence-corrected chi connectivity index (χ1v) is 7.72. The van der Waals surface area contributed by atoms with Crippen LogP contribution in [-0.4, -0.2) is 35.9 Å². The van der Waals surface area contributed by atoms with Crippen molar-refractivity contribution in [3.8, 4) is 0 Å². The summed E-state index contributed by atoms with van der Waals surface area (Å²) in [4.78, 5) is 23.5. The first-order valence-electron chi connectivity index (χ1n) is 7.72. The highest BCUT2D eigenvalue weighted by Gasteiger charge is 2.63. The normalized spacial score (nSPS) is 43.3. The van der Waals surface area contributed by atoms with Gasteiger partial charge in [-0.15, -0.1) is 0 Å². The molecule has 5 atom stereocenters. The van der Waals surface area contributed by atoms with Crippen molar-refractivity contribution in [2.24, 2.45) is 5.92 Å². The Balaban J connectivity index is 1.96. The fraction of sp³-hybridized carbons (Fsp3) is 0.647. The number of hydrogen-bond donors (Lipinski definition) is 0. The molecule has 0 aromatic heterocycles. The number of epoxide rings is 1. The third kappa shape index (κ3) is 2.58. The summed E-state index contributed by atoms with van der Waals surface area (Å²) in [6.07, 6.45) is 3.52. The monoisotopic (exact) mass is 306 g/mol. The van der Waals surface area contributed by atoms with Crippen LogP contribution in [-0.2, 0) is 23.8 Å². The predicted molar refractivity (Wildman–Crippen MR) is 79.0 cm³/mol. The van der Waals surface area contributed by atoms with E-state index >= 15 is 0 Å². The molecule has 3 aliphatic rings. The molecule has 0 radical (unpaired) electrons. The van der Waals surface area contributed by atoms with Crippen molar-refractivity contribution in [2.45, 2.75) is 63.9 Å². The minimum atomic E-state index is -0.441. The third-order valence-electron chi connectivity index (χ3n) is 4.88. The van der Waals surface area contributed by atoms with Crippen LogP contribution in [0.1, 0.15) is 40.0 Å². The maximum Gasteiger partial charge on any atom is 0.334 e. The number of hydrogen-bond acceptors (Lipinski definition) is 5. The SMILES string of the molecule is C=C1C(=O)O[C@H]2[C@H]1C(OC(C)=O)C/C(C)=C\CC[C@@]1(C)O[C@H]21. The molecule has 2 aliphatic heterocycles. The molecule has 2 fully saturated rings. The van der Waals surface area contributed by atoms with Gasteiger partial charge in [-0.05, 0) is 26.7 Å². The van der Waals surface area contributed by atoms with E-state index in [1.54, 1.807) is 0 Å². The average Bonchev–Trinajstić information content (AvgIpc) is 2.98. The van der Waals surface area contributed by atoms with Crippen LogP contribution in [0.15, 0.2) is 23.8 Å². The van der Waals surface area contributed by atoms with Gasteiger partial charge in [0.25, 0.3) is 0 Å². The van der Waals surface area contributed by atoms with Gasteiger partial charge in [0.1, 0.15) is 18.3 Å². The van der Waals surface area contributed by atoms with Crippen LogP contribution in [0, 0.1) is 5.92 Å². The van der Waals surface area contributed by atoms with Gasteiger partial charge >= 0.3 is 11.9 Å². The highest BCUT2D eigenvalue weighted by atomic mass is 16.6. The topological polar surface area (TPSA) is 65.1 Å². The Labute approximate surface area is 130 Å². The maximum atomic E-state index is 12.0. The summed E-state index contributed by atoms with van der Waals surface area (Å²) < 4.78 is 16.8. The molecule has 5 nitrogen and oxygen atoms in total. The van der Waals surface area contributed by atoms with Crippen molar-refractivity contribution in [3.05, 3.63) is 23.8 Å². The molecule has 2 saturated heterocycles. The molecule has 0 spiro atoms. The minimum Gasteiger partial charge on any atom is -0.461 e.